The summed E-state index contributed by atoms with van der Waals surface area (Å²) >= 11 is 6.24. The minimum atomic E-state index is -3.72. The van der Waals surface area contributed by atoms with Gasteiger partial charge in [0.1, 0.15) is 10.6 Å². The Morgan fingerprint density at radius 2 is 1.84 bits per heavy atom. The fourth-order valence-electron chi connectivity index (χ4n) is 3.84. The van der Waals surface area contributed by atoms with E-state index in [1.165, 1.54) is 4.31 Å². The third-order valence-corrected chi connectivity index (χ3v) is 8.24. The normalized spacial score (nSPS) is 17.8. The molecule has 9 nitrogen and oxygen atoms in total. The van der Waals surface area contributed by atoms with Crippen LogP contribution in [0.2, 0.25) is 5.02 Å². The second-order valence-electron chi connectivity index (χ2n) is 8.26. The van der Waals surface area contributed by atoms with Gasteiger partial charge in [0.2, 0.25) is 15.9 Å². The van der Waals surface area contributed by atoms with Gasteiger partial charge in [-0.3, -0.25) is 9.59 Å². The number of carbonyl (C=O) groups is 2. The van der Waals surface area contributed by atoms with Gasteiger partial charge in [0, 0.05) is 30.7 Å². The van der Waals surface area contributed by atoms with Crippen molar-refractivity contribution in [3.63, 3.8) is 0 Å². The van der Waals surface area contributed by atoms with E-state index < -0.39 is 10.0 Å². The predicted molar refractivity (Wildman–Crippen MR) is 118 cm³/mol. The standard InChI is InChI=1S/C21H25ClN4O5S/c1-12-19(13(2)31-25-12)32(29,30)26-9-7-14(8-10-26)20(27)24-16-5-6-17(18(22)11-16)21(28)23-15-3-4-15/h5-6,11,14-15H,3-4,7-10H2,1-2H3,(H,23,28)(H,24,27). The van der Waals surface area contributed by atoms with E-state index in [2.05, 4.69) is 15.8 Å². The van der Waals surface area contributed by atoms with Crippen molar-refractivity contribution in [1.29, 1.82) is 0 Å². The van der Waals surface area contributed by atoms with Gasteiger partial charge in [-0.25, -0.2) is 8.42 Å². The molecule has 11 heteroatoms. The first-order valence-electron chi connectivity index (χ1n) is 10.5. The Bertz CT molecular complexity index is 1130. The average Bonchev–Trinajstić information content (AvgIpc) is 3.49. The van der Waals surface area contributed by atoms with Crippen LogP contribution in [0.4, 0.5) is 5.69 Å². The van der Waals surface area contributed by atoms with Gasteiger partial charge in [-0.1, -0.05) is 16.8 Å². The zero-order valence-electron chi connectivity index (χ0n) is 17.9. The van der Waals surface area contributed by atoms with E-state index in [0.717, 1.165) is 12.8 Å². The van der Waals surface area contributed by atoms with Crippen molar-refractivity contribution in [3.05, 3.63) is 40.2 Å². The molecule has 0 bridgehead atoms. The molecule has 2 aromatic rings. The maximum atomic E-state index is 12.9. The zero-order valence-corrected chi connectivity index (χ0v) is 19.4. The summed E-state index contributed by atoms with van der Waals surface area (Å²) in [6.07, 6.45) is 2.75. The fourth-order valence-corrected chi connectivity index (χ4v) is 5.87. The Hall–Kier alpha value is -2.43. The molecular weight excluding hydrogens is 456 g/mol. The number of aryl methyl sites for hydroxylation is 2. The quantitative estimate of drug-likeness (QED) is 0.655. The number of hydrogen-bond donors (Lipinski definition) is 2. The third-order valence-electron chi connectivity index (χ3n) is 5.78. The van der Waals surface area contributed by atoms with Crippen LogP contribution in [0.3, 0.4) is 0 Å². The van der Waals surface area contributed by atoms with Crippen LogP contribution < -0.4 is 10.6 Å². The lowest BCUT2D eigenvalue weighted by Crippen LogP contribution is -2.41. The smallest absolute Gasteiger partial charge is 0.253 e. The van der Waals surface area contributed by atoms with Crippen LogP contribution in [0.25, 0.3) is 0 Å². The van der Waals surface area contributed by atoms with Crippen molar-refractivity contribution in [2.45, 2.75) is 50.5 Å². The number of anilines is 1. The van der Waals surface area contributed by atoms with E-state index in [4.69, 9.17) is 16.1 Å². The van der Waals surface area contributed by atoms with Crippen molar-refractivity contribution >= 4 is 39.1 Å². The number of piperidine rings is 1. The number of halogens is 1. The molecule has 4 rings (SSSR count). The number of nitrogens with zero attached hydrogens (tertiary/aromatic N) is 2. The first kappa shape index (κ1) is 22.8. The first-order valence-corrected chi connectivity index (χ1v) is 12.3. The van der Waals surface area contributed by atoms with E-state index in [1.54, 1.807) is 32.0 Å². The second-order valence-corrected chi connectivity index (χ2v) is 10.5. The summed E-state index contributed by atoms with van der Waals surface area (Å²) in [5, 5.41) is 9.70. The van der Waals surface area contributed by atoms with E-state index in [1.807, 2.05) is 0 Å². The molecular formula is C21H25ClN4O5S. The number of aromatic nitrogens is 1. The minimum absolute atomic E-state index is 0.0980. The number of rotatable bonds is 6. The number of benzene rings is 1. The van der Waals surface area contributed by atoms with Crippen LogP contribution in [0.5, 0.6) is 0 Å². The molecule has 0 atom stereocenters. The van der Waals surface area contributed by atoms with Crippen molar-refractivity contribution in [2.24, 2.45) is 5.92 Å². The lowest BCUT2D eigenvalue weighted by Gasteiger charge is -2.30. The Morgan fingerprint density at radius 3 is 2.41 bits per heavy atom. The highest BCUT2D eigenvalue weighted by Crippen LogP contribution is 2.29. The Labute approximate surface area is 191 Å². The van der Waals surface area contributed by atoms with Gasteiger partial charge in [0.05, 0.1) is 10.6 Å². The zero-order chi connectivity index (χ0) is 23.0. The number of nitrogens with one attached hydrogen (secondary N) is 2. The summed E-state index contributed by atoms with van der Waals surface area (Å²) < 4.78 is 32.2. The molecule has 0 unspecified atom stereocenters. The monoisotopic (exact) mass is 480 g/mol. The SMILES string of the molecule is Cc1noc(C)c1S(=O)(=O)N1CCC(C(=O)Nc2ccc(C(=O)NC3CC3)c(Cl)c2)CC1. The Balaban J connectivity index is 1.35. The van der Waals surface area contributed by atoms with Crippen molar-refractivity contribution in [2.75, 3.05) is 18.4 Å². The van der Waals surface area contributed by atoms with Crippen LogP contribution in [0, 0.1) is 19.8 Å². The number of carbonyl (C=O) groups excluding carboxylic acids is 2. The molecule has 172 valence electrons. The molecule has 1 aliphatic heterocycles. The van der Waals surface area contributed by atoms with E-state index in [9.17, 15) is 18.0 Å². The van der Waals surface area contributed by atoms with Crippen LogP contribution in [0.1, 0.15) is 47.5 Å². The Kier molecular flexibility index (Phi) is 6.28. The van der Waals surface area contributed by atoms with Gasteiger partial charge in [0.25, 0.3) is 5.91 Å². The van der Waals surface area contributed by atoms with Crippen molar-refractivity contribution in [1.82, 2.24) is 14.8 Å². The topological polar surface area (TPSA) is 122 Å². The highest BCUT2D eigenvalue weighted by molar-refractivity contribution is 7.89. The molecule has 2 amide bonds. The lowest BCUT2D eigenvalue weighted by molar-refractivity contribution is -0.120. The maximum absolute atomic E-state index is 12.9. The second kappa shape index (κ2) is 8.84. The molecule has 2 aliphatic rings. The van der Waals surface area contributed by atoms with E-state index in [-0.39, 0.29) is 52.5 Å². The summed E-state index contributed by atoms with van der Waals surface area (Å²) in [5.74, 6) is -0.496. The molecule has 1 aliphatic carbocycles. The largest absolute Gasteiger partial charge is 0.360 e. The number of amides is 2. The van der Waals surface area contributed by atoms with Crippen LogP contribution in [-0.4, -0.2) is 48.8 Å². The summed E-state index contributed by atoms with van der Waals surface area (Å²) in [7, 11) is -3.72. The molecule has 1 aromatic heterocycles. The minimum Gasteiger partial charge on any atom is -0.360 e. The van der Waals surface area contributed by atoms with Gasteiger partial charge >= 0.3 is 0 Å². The number of hydrogen-bond acceptors (Lipinski definition) is 6. The molecule has 0 radical (unpaired) electrons. The molecule has 2 N–H and O–H groups in total. The first-order chi connectivity index (χ1) is 15.2. The van der Waals surface area contributed by atoms with Gasteiger partial charge in [-0.05, 0) is 57.7 Å². The molecule has 0 spiro atoms. The molecule has 1 aromatic carbocycles. The molecule has 2 heterocycles. The predicted octanol–water partition coefficient (Wildman–Crippen LogP) is 2.88. The maximum Gasteiger partial charge on any atom is 0.253 e. The molecule has 1 saturated carbocycles. The molecule has 1 saturated heterocycles. The lowest BCUT2D eigenvalue weighted by atomic mass is 9.97. The summed E-state index contributed by atoms with van der Waals surface area (Å²) in [6, 6.07) is 5.01. The summed E-state index contributed by atoms with van der Waals surface area (Å²) in [5.41, 5.74) is 1.19. The van der Waals surface area contributed by atoms with E-state index >= 15 is 0 Å². The van der Waals surface area contributed by atoms with Crippen LogP contribution >= 0.6 is 11.6 Å². The molecule has 32 heavy (non-hydrogen) atoms. The highest BCUT2D eigenvalue weighted by Gasteiger charge is 2.35. The van der Waals surface area contributed by atoms with Gasteiger partial charge < -0.3 is 15.2 Å². The average molecular weight is 481 g/mol. The summed E-state index contributed by atoms with van der Waals surface area (Å²) in [6.45, 7) is 3.62. The van der Waals surface area contributed by atoms with Crippen molar-refractivity contribution in [3.8, 4) is 0 Å². The summed E-state index contributed by atoms with van der Waals surface area (Å²) in [4.78, 5) is 25.0. The highest BCUT2D eigenvalue weighted by atomic mass is 35.5. The van der Waals surface area contributed by atoms with Crippen LogP contribution in [-0.2, 0) is 14.8 Å². The van der Waals surface area contributed by atoms with Gasteiger partial charge in [-0.15, -0.1) is 0 Å². The molecule has 2 fully saturated rings. The van der Waals surface area contributed by atoms with Crippen molar-refractivity contribution < 1.29 is 22.5 Å². The number of sulfonamides is 1. The van der Waals surface area contributed by atoms with Gasteiger partial charge in [0.15, 0.2) is 5.76 Å². The third kappa shape index (κ3) is 4.67. The Morgan fingerprint density at radius 1 is 1.16 bits per heavy atom. The van der Waals surface area contributed by atoms with Gasteiger partial charge in [-0.2, -0.15) is 4.31 Å². The van der Waals surface area contributed by atoms with E-state index in [0.29, 0.717) is 29.8 Å². The van der Waals surface area contributed by atoms with Crippen LogP contribution in [0.15, 0.2) is 27.6 Å². The fraction of sp³-hybridized carbons (Fsp3) is 0.476.